The Kier molecular flexibility index (Phi) is 8.29. The monoisotopic (exact) mass is 698 g/mol. The fourth-order valence-electron chi connectivity index (χ4n) is 13.6. The van der Waals surface area contributed by atoms with Crippen molar-refractivity contribution < 1.29 is 43.5 Å². The Morgan fingerprint density at radius 2 is 1.84 bits per heavy atom. The molecule has 8 aliphatic rings. The Hall–Kier alpha value is -1.30. The molecule has 8 rings (SSSR count). The molecule has 0 amide bonds. The van der Waals surface area contributed by atoms with E-state index in [1.165, 1.54) is 13.3 Å². The van der Waals surface area contributed by atoms with Gasteiger partial charge in [-0.15, -0.1) is 0 Å². The van der Waals surface area contributed by atoms with Crippen molar-refractivity contribution in [2.24, 2.45) is 44.8 Å². The molecule has 3 radical (unpaired) electrons. The molecule has 2 N–H and O–H groups in total. The smallest absolute Gasteiger partial charge is 0.323 e. The van der Waals surface area contributed by atoms with E-state index in [1.807, 2.05) is 0 Å². The van der Waals surface area contributed by atoms with Gasteiger partial charge in [0.05, 0.1) is 37.6 Å². The Morgan fingerprint density at radius 1 is 1.08 bits per heavy atom. The Balaban J connectivity index is 1.02. The maximum atomic E-state index is 12.5. The van der Waals surface area contributed by atoms with Crippen molar-refractivity contribution in [3.63, 3.8) is 0 Å². The average molecular weight is 699 g/mol. The van der Waals surface area contributed by atoms with Gasteiger partial charge in [-0.25, -0.2) is 0 Å². The number of fused-ring (bicyclic) bond motifs is 4. The average Bonchev–Trinajstić information content (AvgIpc) is 3.44. The highest BCUT2D eigenvalue weighted by molar-refractivity contribution is 5.77. The number of hydrogen-bond acceptors (Lipinski definition) is 10. The highest BCUT2D eigenvalue weighted by atomic mass is 16.7. The van der Waals surface area contributed by atoms with E-state index in [1.54, 1.807) is 19.8 Å². The predicted octanol–water partition coefficient (Wildman–Crippen LogP) is 5.15. The third-order valence-corrected chi connectivity index (χ3v) is 15.9. The SMILES string of the molecule is CC(=O)O[C@@H]([C]1C[C@@H](C)[C@H]2[C](O1)[C@H](O)[C@@]1(C)[C]3CC[C@H]4C(C)(C)[C@@H](O[C@H]5CN(C6CCOC6=O)CCO5)CC[C@@]45C[C@@]35CC[C@]21C)C(C)(C)O. The van der Waals surface area contributed by atoms with Crippen LogP contribution in [-0.4, -0.2) is 89.6 Å². The molecule has 1 unspecified atom stereocenters. The van der Waals surface area contributed by atoms with E-state index in [-0.39, 0.29) is 57.9 Å². The van der Waals surface area contributed by atoms with Crippen LogP contribution < -0.4 is 0 Å². The molecule has 10 nitrogen and oxygen atoms in total. The summed E-state index contributed by atoms with van der Waals surface area (Å²) in [6.45, 7) is 18.8. The van der Waals surface area contributed by atoms with Crippen LogP contribution in [0.15, 0.2) is 0 Å². The molecule has 0 aromatic heterocycles. The maximum absolute atomic E-state index is 12.5. The summed E-state index contributed by atoms with van der Waals surface area (Å²) < 4.78 is 30.6. The van der Waals surface area contributed by atoms with Gasteiger partial charge in [0.2, 0.25) is 0 Å². The zero-order chi connectivity index (χ0) is 35.8. The van der Waals surface area contributed by atoms with Gasteiger partial charge < -0.3 is 33.9 Å². The number of aliphatic hydroxyl groups is 2. The van der Waals surface area contributed by atoms with E-state index in [9.17, 15) is 19.8 Å². The summed E-state index contributed by atoms with van der Waals surface area (Å²) in [5.41, 5.74) is -1.64. The van der Waals surface area contributed by atoms with Crippen molar-refractivity contribution in [3.8, 4) is 0 Å². The highest BCUT2D eigenvalue weighted by Gasteiger charge is 2.85. The van der Waals surface area contributed by atoms with Gasteiger partial charge >= 0.3 is 11.9 Å². The normalized spacial score (nSPS) is 48.4. The fraction of sp³-hybridized carbons (Fsp3) is 0.875. The molecule has 0 bridgehead atoms. The molecule has 3 aliphatic heterocycles. The van der Waals surface area contributed by atoms with Crippen molar-refractivity contribution in [1.82, 2.24) is 4.90 Å². The van der Waals surface area contributed by atoms with Gasteiger partial charge in [-0.1, -0.05) is 34.6 Å². The van der Waals surface area contributed by atoms with Crippen molar-refractivity contribution in [2.45, 2.75) is 149 Å². The molecule has 50 heavy (non-hydrogen) atoms. The zero-order valence-electron chi connectivity index (χ0n) is 31.5. The molecule has 2 spiro atoms. The molecule has 3 saturated heterocycles. The van der Waals surface area contributed by atoms with Gasteiger partial charge in [0, 0.05) is 31.2 Å². The Labute approximate surface area is 298 Å². The van der Waals surface area contributed by atoms with Crippen molar-refractivity contribution in [1.29, 1.82) is 0 Å². The number of cyclic esters (lactones) is 1. The maximum Gasteiger partial charge on any atom is 0.323 e. The van der Waals surface area contributed by atoms with Crippen LogP contribution in [0, 0.1) is 63.0 Å². The van der Waals surface area contributed by atoms with E-state index in [0.717, 1.165) is 51.5 Å². The lowest BCUT2D eigenvalue weighted by Gasteiger charge is -2.63. The first-order valence-corrected chi connectivity index (χ1v) is 19.4. The first-order valence-electron chi connectivity index (χ1n) is 19.4. The van der Waals surface area contributed by atoms with Crippen molar-refractivity contribution in [2.75, 3.05) is 26.3 Å². The molecule has 10 heteroatoms. The van der Waals surface area contributed by atoms with Gasteiger partial charge in [-0.05, 0) is 105 Å². The standard InChI is InChI=1S/C40H60NO9/c1-22-19-25(33(36(5,6)45)48-23(2)42)49-31-30(22)37(7)14-15-40-21-39(40)13-11-28(35(3,4)26(39)9-10-27(40)38(37,8)32(31)43)50-29-20-41(16-18-46-29)24-12-17-47-34(24)44/h22,24,26,28-30,32-33,43,45H,9-21H2,1-8H3/t22-,24?,26+,28+,29+,30+,32+,33+,37-,38-,39-,40+/m1/s1. The molecule has 279 valence electrons. The fourth-order valence-corrected chi connectivity index (χ4v) is 13.6. The number of carbonyl (C=O) groups excluding carboxylic acids is 2. The van der Waals surface area contributed by atoms with Gasteiger partial charge in [-0.3, -0.25) is 14.5 Å². The topological polar surface area (TPSA) is 124 Å². The minimum Gasteiger partial charge on any atom is -0.464 e. The number of hydrogen-bond donors (Lipinski definition) is 2. The number of aliphatic hydroxyl groups excluding tert-OH is 1. The number of rotatable bonds is 6. The number of nitrogens with zero attached hydrogens (tertiary/aromatic N) is 1. The third kappa shape index (κ3) is 4.79. The second-order valence-corrected chi connectivity index (χ2v) is 19.0. The Morgan fingerprint density at radius 3 is 2.52 bits per heavy atom. The van der Waals surface area contributed by atoms with Crippen LogP contribution >= 0.6 is 0 Å². The summed E-state index contributed by atoms with van der Waals surface area (Å²) in [7, 11) is 0. The van der Waals surface area contributed by atoms with Gasteiger partial charge in [0.25, 0.3) is 0 Å². The van der Waals surface area contributed by atoms with Crippen LogP contribution in [0.25, 0.3) is 0 Å². The van der Waals surface area contributed by atoms with Crippen LogP contribution in [0.3, 0.4) is 0 Å². The summed E-state index contributed by atoms with van der Waals surface area (Å²) in [6.07, 6.45) is 8.12. The lowest BCUT2D eigenvalue weighted by molar-refractivity contribution is -0.245. The number of ether oxygens (including phenoxy) is 5. The first-order chi connectivity index (χ1) is 23.4. The van der Waals surface area contributed by atoms with Crippen LogP contribution in [-0.2, 0) is 33.3 Å². The quantitative estimate of drug-likeness (QED) is 0.360. The molecule has 3 heterocycles. The minimum atomic E-state index is -1.32. The lowest BCUT2D eigenvalue weighted by atomic mass is 9.41. The molecule has 0 aromatic carbocycles. The summed E-state index contributed by atoms with van der Waals surface area (Å²) in [5, 5.41) is 23.5. The second-order valence-electron chi connectivity index (χ2n) is 19.0. The van der Waals surface area contributed by atoms with Crippen LogP contribution in [0.2, 0.25) is 0 Å². The van der Waals surface area contributed by atoms with E-state index in [0.29, 0.717) is 44.3 Å². The molecule has 5 aliphatic carbocycles. The van der Waals surface area contributed by atoms with Crippen LogP contribution in [0.5, 0.6) is 0 Å². The van der Waals surface area contributed by atoms with Crippen molar-refractivity contribution in [3.05, 3.63) is 18.1 Å². The Bertz CT molecular complexity index is 1380. The van der Waals surface area contributed by atoms with E-state index < -0.39 is 29.2 Å². The van der Waals surface area contributed by atoms with Gasteiger partial charge in [0.1, 0.15) is 18.2 Å². The van der Waals surface area contributed by atoms with E-state index in [4.69, 9.17) is 23.7 Å². The molecule has 5 saturated carbocycles. The molecule has 12 atom stereocenters. The minimum absolute atomic E-state index is 0.0474. The first kappa shape index (κ1) is 35.7. The summed E-state index contributed by atoms with van der Waals surface area (Å²) in [4.78, 5) is 26.6. The number of carbonyl (C=O) groups is 2. The van der Waals surface area contributed by atoms with E-state index >= 15 is 0 Å². The van der Waals surface area contributed by atoms with Crippen molar-refractivity contribution >= 4 is 11.9 Å². The molecular formula is C40H60NO9. The van der Waals surface area contributed by atoms with E-state index in [2.05, 4.69) is 39.5 Å². The van der Waals surface area contributed by atoms with Crippen LogP contribution in [0.4, 0.5) is 0 Å². The number of esters is 2. The lowest BCUT2D eigenvalue weighted by Crippen LogP contribution is -2.59. The molecule has 8 fully saturated rings. The molecule has 0 aromatic rings. The number of morpholine rings is 1. The van der Waals surface area contributed by atoms with Gasteiger partial charge in [-0.2, -0.15) is 0 Å². The zero-order valence-corrected chi connectivity index (χ0v) is 31.5. The summed E-state index contributed by atoms with van der Waals surface area (Å²) >= 11 is 0. The summed E-state index contributed by atoms with van der Waals surface area (Å²) in [6, 6.07) is -0.188. The highest BCUT2D eigenvalue weighted by Crippen LogP contribution is 2.90. The second kappa shape index (κ2) is 11.6. The third-order valence-electron chi connectivity index (χ3n) is 15.9. The summed E-state index contributed by atoms with van der Waals surface area (Å²) in [5.74, 6) is 1.72. The van der Waals surface area contributed by atoms with Gasteiger partial charge in [0.15, 0.2) is 12.4 Å². The molecular weight excluding hydrogens is 638 g/mol. The largest absolute Gasteiger partial charge is 0.464 e. The van der Waals surface area contributed by atoms with Crippen LogP contribution in [0.1, 0.15) is 113 Å². The predicted molar refractivity (Wildman–Crippen MR) is 182 cm³/mol.